The quantitative estimate of drug-likeness (QED) is 0.665. The molecule has 0 aliphatic carbocycles. The molecule has 1 amide bonds. The molecule has 104 valence electrons. The SMILES string of the molecule is Cc1cccc(OCCNC(=O)[C@H]2C[C@H](O)CN2)c1. The number of carbonyl (C=O) groups is 1. The highest BCUT2D eigenvalue weighted by Gasteiger charge is 2.27. The Balaban J connectivity index is 1.65. The van der Waals surface area contributed by atoms with Gasteiger partial charge in [-0.2, -0.15) is 0 Å². The second-order valence-electron chi connectivity index (χ2n) is 4.81. The van der Waals surface area contributed by atoms with E-state index in [-0.39, 0.29) is 11.9 Å². The maximum Gasteiger partial charge on any atom is 0.237 e. The number of ether oxygens (including phenoxy) is 1. The molecule has 1 aromatic carbocycles. The van der Waals surface area contributed by atoms with E-state index in [1.807, 2.05) is 31.2 Å². The molecule has 3 N–H and O–H groups in total. The van der Waals surface area contributed by atoms with Crippen molar-refractivity contribution in [1.29, 1.82) is 0 Å². The molecule has 0 saturated carbocycles. The summed E-state index contributed by atoms with van der Waals surface area (Å²) in [6.07, 6.45) is 0.0594. The van der Waals surface area contributed by atoms with Crippen molar-refractivity contribution < 1.29 is 14.6 Å². The van der Waals surface area contributed by atoms with E-state index in [2.05, 4.69) is 10.6 Å². The van der Waals surface area contributed by atoms with E-state index >= 15 is 0 Å². The topological polar surface area (TPSA) is 70.6 Å². The second kappa shape index (κ2) is 6.54. The Morgan fingerprint density at radius 1 is 1.58 bits per heavy atom. The molecule has 1 aliphatic heterocycles. The van der Waals surface area contributed by atoms with Gasteiger partial charge in [0.2, 0.25) is 5.91 Å². The molecule has 0 unspecified atom stereocenters. The maximum absolute atomic E-state index is 11.7. The average Bonchev–Trinajstić information content (AvgIpc) is 2.81. The molecule has 1 saturated heterocycles. The number of benzene rings is 1. The first-order chi connectivity index (χ1) is 9.15. The van der Waals surface area contributed by atoms with Gasteiger partial charge in [-0.15, -0.1) is 0 Å². The van der Waals surface area contributed by atoms with Gasteiger partial charge in [-0.3, -0.25) is 4.79 Å². The third kappa shape index (κ3) is 4.22. The monoisotopic (exact) mass is 264 g/mol. The van der Waals surface area contributed by atoms with Crippen molar-refractivity contribution in [2.45, 2.75) is 25.5 Å². The molecule has 2 rings (SSSR count). The summed E-state index contributed by atoms with van der Waals surface area (Å²) in [6, 6.07) is 7.51. The van der Waals surface area contributed by atoms with Gasteiger partial charge in [0.25, 0.3) is 0 Å². The predicted molar refractivity (Wildman–Crippen MR) is 72.1 cm³/mol. The first-order valence-electron chi connectivity index (χ1n) is 6.54. The lowest BCUT2D eigenvalue weighted by molar-refractivity contribution is -0.123. The largest absolute Gasteiger partial charge is 0.492 e. The highest BCUT2D eigenvalue weighted by atomic mass is 16.5. The molecule has 5 nitrogen and oxygen atoms in total. The number of aryl methyl sites for hydroxylation is 1. The zero-order valence-corrected chi connectivity index (χ0v) is 11.1. The molecule has 19 heavy (non-hydrogen) atoms. The van der Waals surface area contributed by atoms with Gasteiger partial charge >= 0.3 is 0 Å². The fourth-order valence-electron chi connectivity index (χ4n) is 2.09. The van der Waals surface area contributed by atoms with Gasteiger partial charge in [-0.05, 0) is 31.0 Å². The van der Waals surface area contributed by atoms with Crippen molar-refractivity contribution in [2.75, 3.05) is 19.7 Å². The van der Waals surface area contributed by atoms with E-state index in [0.29, 0.717) is 26.1 Å². The Morgan fingerprint density at radius 2 is 2.42 bits per heavy atom. The molecule has 0 radical (unpaired) electrons. The highest BCUT2D eigenvalue weighted by molar-refractivity contribution is 5.82. The van der Waals surface area contributed by atoms with Crippen LogP contribution in [0, 0.1) is 6.92 Å². The summed E-state index contributed by atoms with van der Waals surface area (Å²) in [6.45, 7) is 3.38. The van der Waals surface area contributed by atoms with Crippen molar-refractivity contribution in [1.82, 2.24) is 10.6 Å². The number of carbonyl (C=O) groups excluding carboxylic acids is 1. The molecular weight excluding hydrogens is 244 g/mol. The first-order valence-corrected chi connectivity index (χ1v) is 6.54. The van der Waals surface area contributed by atoms with E-state index in [1.165, 1.54) is 0 Å². The van der Waals surface area contributed by atoms with Gasteiger partial charge in [-0.1, -0.05) is 12.1 Å². The van der Waals surface area contributed by atoms with Crippen LogP contribution in [0.2, 0.25) is 0 Å². The number of β-amino-alcohol motifs (C(OH)–C–C–N with tert-alkyl or cyclic N) is 1. The molecule has 0 bridgehead atoms. The van der Waals surface area contributed by atoms with E-state index in [4.69, 9.17) is 4.74 Å². The van der Waals surface area contributed by atoms with Crippen LogP contribution in [0.5, 0.6) is 5.75 Å². The lowest BCUT2D eigenvalue weighted by Crippen LogP contribution is -2.41. The van der Waals surface area contributed by atoms with Crippen LogP contribution in [0.3, 0.4) is 0 Å². The summed E-state index contributed by atoms with van der Waals surface area (Å²) < 4.78 is 5.54. The number of nitrogens with one attached hydrogen (secondary N) is 2. The van der Waals surface area contributed by atoms with Crippen molar-refractivity contribution in [3.63, 3.8) is 0 Å². The molecule has 0 aromatic heterocycles. The Bertz CT molecular complexity index is 436. The molecule has 5 heteroatoms. The van der Waals surface area contributed by atoms with Gasteiger partial charge in [0, 0.05) is 6.54 Å². The Morgan fingerprint density at radius 3 is 3.11 bits per heavy atom. The minimum absolute atomic E-state index is 0.0793. The highest BCUT2D eigenvalue weighted by Crippen LogP contribution is 2.11. The Labute approximate surface area is 113 Å². The van der Waals surface area contributed by atoms with Crippen LogP contribution in [0.25, 0.3) is 0 Å². The number of amides is 1. The number of aliphatic hydroxyl groups is 1. The number of rotatable bonds is 5. The number of aliphatic hydroxyl groups excluding tert-OH is 1. The second-order valence-corrected chi connectivity index (χ2v) is 4.81. The average molecular weight is 264 g/mol. The number of hydrogen-bond acceptors (Lipinski definition) is 4. The van der Waals surface area contributed by atoms with Crippen LogP contribution < -0.4 is 15.4 Å². The Kier molecular flexibility index (Phi) is 4.76. The fourth-order valence-corrected chi connectivity index (χ4v) is 2.09. The van der Waals surface area contributed by atoms with Gasteiger partial charge in [0.15, 0.2) is 0 Å². The van der Waals surface area contributed by atoms with Crippen LogP contribution in [-0.4, -0.2) is 42.9 Å². The van der Waals surface area contributed by atoms with Gasteiger partial charge in [-0.25, -0.2) is 0 Å². The van der Waals surface area contributed by atoms with E-state index in [9.17, 15) is 9.90 Å². The summed E-state index contributed by atoms with van der Waals surface area (Å²) >= 11 is 0. The summed E-state index contributed by atoms with van der Waals surface area (Å²) in [4.78, 5) is 11.7. The molecule has 0 spiro atoms. The minimum Gasteiger partial charge on any atom is -0.492 e. The normalized spacial score (nSPS) is 22.2. The van der Waals surface area contributed by atoms with Gasteiger partial charge < -0.3 is 20.5 Å². The van der Waals surface area contributed by atoms with Gasteiger partial charge in [0.1, 0.15) is 12.4 Å². The zero-order valence-electron chi connectivity index (χ0n) is 11.1. The molecule has 1 fully saturated rings. The van der Waals surface area contributed by atoms with Crippen molar-refractivity contribution >= 4 is 5.91 Å². The first kappa shape index (κ1) is 13.8. The lowest BCUT2D eigenvalue weighted by atomic mass is 10.2. The van der Waals surface area contributed by atoms with Crippen molar-refractivity contribution in [2.24, 2.45) is 0 Å². The summed E-state index contributed by atoms with van der Waals surface area (Å²) in [5.41, 5.74) is 1.14. The molecule has 1 heterocycles. The van der Waals surface area contributed by atoms with Crippen molar-refractivity contribution in [3.8, 4) is 5.75 Å². The van der Waals surface area contributed by atoms with Crippen LogP contribution in [-0.2, 0) is 4.79 Å². The van der Waals surface area contributed by atoms with Crippen LogP contribution in [0.4, 0.5) is 0 Å². The lowest BCUT2D eigenvalue weighted by Gasteiger charge is -2.11. The zero-order chi connectivity index (χ0) is 13.7. The fraction of sp³-hybridized carbons (Fsp3) is 0.500. The summed E-state index contributed by atoms with van der Waals surface area (Å²) in [5, 5.41) is 15.1. The van der Waals surface area contributed by atoms with E-state index in [1.54, 1.807) is 0 Å². The summed E-state index contributed by atoms with van der Waals surface area (Å²) in [5.74, 6) is 0.730. The van der Waals surface area contributed by atoms with Crippen molar-refractivity contribution in [3.05, 3.63) is 29.8 Å². The smallest absolute Gasteiger partial charge is 0.237 e. The Hall–Kier alpha value is -1.59. The van der Waals surface area contributed by atoms with Gasteiger partial charge in [0.05, 0.1) is 18.7 Å². The predicted octanol–water partition coefficient (Wildman–Crippen LogP) is 0.213. The third-order valence-corrected chi connectivity index (χ3v) is 3.08. The summed E-state index contributed by atoms with van der Waals surface area (Å²) in [7, 11) is 0. The van der Waals surface area contributed by atoms with E-state index in [0.717, 1.165) is 11.3 Å². The van der Waals surface area contributed by atoms with Crippen LogP contribution >= 0.6 is 0 Å². The van der Waals surface area contributed by atoms with Crippen LogP contribution in [0.1, 0.15) is 12.0 Å². The molecular formula is C14H20N2O3. The standard InChI is InChI=1S/C14H20N2O3/c1-10-3-2-4-12(7-10)19-6-5-15-14(18)13-8-11(17)9-16-13/h2-4,7,11,13,16-17H,5-6,8-9H2,1H3,(H,15,18)/t11-,13+/m0/s1. The molecule has 1 aromatic rings. The van der Waals surface area contributed by atoms with Crippen LogP contribution in [0.15, 0.2) is 24.3 Å². The minimum atomic E-state index is -0.417. The number of hydrogen-bond donors (Lipinski definition) is 3. The molecule has 1 aliphatic rings. The maximum atomic E-state index is 11.7. The molecule has 2 atom stereocenters. The van der Waals surface area contributed by atoms with E-state index < -0.39 is 6.10 Å². The third-order valence-electron chi connectivity index (χ3n) is 3.08.